The molecule has 0 spiro atoms. The zero-order valence-corrected chi connectivity index (χ0v) is 13.8. The Morgan fingerprint density at radius 3 is 2.71 bits per heavy atom. The van der Waals surface area contributed by atoms with E-state index in [-0.39, 0.29) is 11.2 Å². The lowest BCUT2D eigenvalue weighted by Crippen LogP contribution is -2.23. The zero-order chi connectivity index (χ0) is 15.6. The Bertz CT molecular complexity index is 650. The van der Waals surface area contributed by atoms with Gasteiger partial charge in [-0.2, -0.15) is 0 Å². The summed E-state index contributed by atoms with van der Waals surface area (Å²) in [6.45, 7) is 3.65. The highest BCUT2D eigenvalue weighted by atomic mass is 35.5. The quantitative estimate of drug-likeness (QED) is 0.628. The lowest BCUT2D eigenvalue weighted by atomic mass is 10.2. The summed E-state index contributed by atoms with van der Waals surface area (Å²) in [5.41, 5.74) is 6.53. The van der Waals surface area contributed by atoms with Crippen molar-refractivity contribution in [3.8, 4) is 0 Å². The van der Waals surface area contributed by atoms with E-state index >= 15 is 0 Å². The number of carbonyl (C=O) groups excluding carboxylic acids is 1. The molecule has 21 heavy (non-hydrogen) atoms. The summed E-state index contributed by atoms with van der Waals surface area (Å²) in [4.78, 5) is 13.2. The van der Waals surface area contributed by atoms with Gasteiger partial charge in [0, 0.05) is 9.92 Å². The van der Waals surface area contributed by atoms with Crippen LogP contribution in [0.5, 0.6) is 0 Å². The minimum atomic E-state index is -0.326. The van der Waals surface area contributed by atoms with E-state index in [0.29, 0.717) is 21.4 Å². The van der Waals surface area contributed by atoms with Gasteiger partial charge < -0.3 is 15.5 Å². The fourth-order valence-corrected chi connectivity index (χ4v) is 3.14. The molecule has 1 aromatic heterocycles. The topological polar surface area (TPSA) is 68.3 Å². The number of thioether (sulfide) groups is 1. The predicted molar refractivity (Wildman–Crippen MR) is 88.3 cm³/mol. The van der Waals surface area contributed by atoms with Crippen molar-refractivity contribution in [2.75, 3.05) is 11.1 Å². The Labute approximate surface area is 137 Å². The standard InChI is InChI=1S/C14H14Cl2N2O2S/c1-7-12(3-4-20-7)21-8(2)14(19)18-13-10(16)5-9(15)6-11(13)17/h3-6,8H,17H2,1-2H3,(H,18,19). The maximum Gasteiger partial charge on any atom is 0.237 e. The molecule has 0 saturated carbocycles. The first-order valence-electron chi connectivity index (χ1n) is 6.14. The molecule has 1 aromatic carbocycles. The molecule has 2 aromatic rings. The molecule has 2 rings (SSSR count). The van der Waals surface area contributed by atoms with E-state index < -0.39 is 0 Å². The van der Waals surface area contributed by atoms with Gasteiger partial charge in [0.2, 0.25) is 5.91 Å². The second kappa shape index (κ2) is 6.64. The summed E-state index contributed by atoms with van der Waals surface area (Å²) < 4.78 is 5.21. The maximum absolute atomic E-state index is 12.2. The molecular formula is C14H14Cl2N2O2S. The number of nitrogen functional groups attached to an aromatic ring is 1. The molecule has 4 nitrogen and oxygen atoms in total. The van der Waals surface area contributed by atoms with E-state index in [1.54, 1.807) is 19.3 Å². The summed E-state index contributed by atoms with van der Waals surface area (Å²) in [6.07, 6.45) is 1.59. The first-order valence-corrected chi connectivity index (χ1v) is 7.78. The first kappa shape index (κ1) is 16.1. The van der Waals surface area contributed by atoms with Gasteiger partial charge in [-0.05, 0) is 32.0 Å². The lowest BCUT2D eigenvalue weighted by Gasteiger charge is -2.14. The Balaban J connectivity index is 2.09. The number of anilines is 2. The largest absolute Gasteiger partial charge is 0.468 e. The Morgan fingerprint density at radius 1 is 1.43 bits per heavy atom. The molecule has 1 heterocycles. The van der Waals surface area contributed by atoms with Gasteiger partial charge in [-0.25, -0.2) is 0 Å². The molecule has 3 N–H and O–H groups in total. The van der Waals surface area contributed by atoms with Crippen LogP contribution < -0.4 is 11.1 Å². The van der Waals surface area contributed by atoms with E-state index in [1.165, 1.54) is 17.8 Å². The third-order valence-corrected chi connectivity index (χ3v) is 4.58. The Hall–Kier alpha value is -1.30. The number of amides is 1. The average Bonchev–Trinajstić information content (AvgIpc) is 2.79. The normalized spacial score (nSPS) is 12.2. The van der Waals surface area contributed by atoms with Gasteiger partial charge >= 0.3 is 0 Å². The molecular weight excluding hydrogens is 331 g/mol. The van der Waals surface area contributed by atoms with Crippen molar-refractivity contribution in [2.24, 2.45) is 0 Å². The second-order valence-corrected chi connectivity index (χ2v) is 6.67. The molecule has 1 atom stereocenters. The van der Waals surface area contributed by atoms with E-state index in [0.717, 1.165) is 10.7 Å². The van der Waals surface area contributed by atoms with Crippen molar-refractivity contribution in [1.82, 2.24) is 0 Å². The number of furan rings is 1. The van der Waals surface area contributed by atoms with Crippen LogP contribution >= 0.6 is 35.0 Å². The third kappa shape index (κ3) is 3.87. The van der Waals surface area contributed by atoms with E-state index in [1.807, 2.05) is 13.0 Å². The van der Waals surface area contributed by atoms with Crippen LogP contribution in [0.1, 0.15) is 12.7 Å². The van der Waals surface area contributed by atoms with Gasteiger partial charge in [-0.1, -0.05) is 23.2 Å². The molecule has 7 heteroatoms. The number of nitrogens with two attached hydrogens (primary N) is 1. The van der Waals surface area contributed by atoms with Gasteiger partial charge in [-0.3, -0.25) is 4.79 Å². The number of nitrogens with one attached hydrogen (secondary N) is 1. The van der Waals surface area contributed by atoms with E-state index in [9.17, 15) is 4.79 Å². The summed E-state index contributed by atoms with van der Waals surface area (Å²) in [6, 6.07) is 4.90. The van der Waals surface area contributed by atoms with Gasteiger partial charge in [0.25, 0.3) is 0 Å². The maximum atomic E-state index is 12.2. The van der Waals surface area contributed by atoms with Crippen molar-refractivity contribution < 1.29 is 9.21 Å². The van der Waals surface area contributed by atoms with Crippen LogP contribution in [0, 0.1) is 6.92 Å². The SMILES string of the molecule is Cc1occc1SC(C)C(=O)Nc1c(N)cc(Cl)cc1Cl. The first-order chi connectivity index (χ1) is 9.88. The van der Waals surface area contributed by atoms with Crippen LogP contribution in [0.25, 0.3) is 0 Å². The van der Waals surface area contributed by atoms with Crippen LogP contribution in [-0.4, -0.2) is 11.2 Å². The molecule has 0 aliphatic carbocycles. The highest BCUT2D eigenvalue weighted by Crippen LogP contribution is 2.33. The minimum absolute atomic E-state index is 0.198. The molecule has 0 saturated heterocycles. The number of benzene rings is 1. The highest BCUT2D eigenvalue weighted by Gasteiger charge is 2.19. The van der Waals surface area contributed by atoms with Crippen LogP contribution in [-0.2, 0) is 4.79 Å². The van der Waals surface area contributed by atoms with E-state index in [4.69, 9.17) is 33.4 Å². The van der Waals surface area contributed by atoms with Gasteiger partial charge in [0.05, 0.1) is 27.9 Å². The molecule has 112 valence electrons. The highest BCUT2D eigenvalue weighted by molar-refractivity contribution is 8.00. The summed E-state index contributed by atoms with van der Waals surface area (Å²) >= 11 is 13.3. The minimum Gasteiger partial charge on any atom is -0.468 e. The van der Waals surface area contributed by atoms with Gasteiger partial charge in [0.15, 0.2) is 0 Å². The number of halogens is 2. The number of hydrogen-bond acceptors (Lipinski definition) is 4. The Kier molecular flexibility index (Phi) is 5.08. The zero-order valence-electron chi connectivity index (χ0n) is 11.4. The molecule has 0 aliphatic heterocycles. The monoisotopic (exact) mass is 344 g/mol. The molecule has 1 amide bonds. The molecule has 0 fully saturated rings. The van der Waals surface area contributed by atoms with Crippen molar-refractivity contribution in [2.45, 2.75) is 24.0 Å². The van der Waals surface area contributed by atoms with Gasteiger partial charge in [0.1, 0.15) is 5.76 Å². The fraction of sp³-hybridized carbons (Fsp3) is 0.214. The number of aryl methyl sites for hydroxylation is 1. The van der Waals surface area contributed by atoms with Crippen molar-refractivity contribution in [3.63, 3.8) is 0 Å². The number of hydrogen-bond donors (Lipinski definition) is 2. The molecule has 0 radical (unpaired) electrons. The Morgan fingerprint density at radius 2 is 2.14 bits per heavy atom. The molecule has 1 unspecified atom stereocenters. The van der Waals surface area contributed by atoms with Crippen LogP contribution in [0.4, 0.5) is 11.4 Å². The molecule has 0 aliphatic rings. The average molecular weight is 345 g/mol. The predicted octanol–water partition coefficient (Wildman–Crippen LogP) is 4.60. The third-order valence-electron chi connectivity index (χ3n) is 2.82. The fourth-order valence-electron chi connectivity index (χ4n) is 1.69. The van der Waals surface area contributed by atoms with Crippen molar-refractivity contribution >= 4 is 52.2 Å². The second-order valence-electron chi connectivity index (χ2n) is 4.44. The summed E-state index contributed by atoms with van der Waals surface area (Å²) in [7, 11) is 0. The summed E-state index contributed by atoms with van der Waals surface area (Å²) in [5, 5.41) is 3.14. The van der Waals surface area contributed by atoms with Crippen molar-refractivity contribution in [3.05, 3.63) is 40.3 Å². The van der Waals surface area contributed by atoms with Crippen LogP contribution in [0.2, 0.25) is 10.0 Å². The lowest BCUT2D eigenvalue weighted by molar-refractivity contribution is -0.115. The smallest absolute Gasteiger partial charge is 0.237 e. The van der Waals surface area contributed by atoms with Gasteiger partial charge in [-0.15, -0.1) is 11.8 Å². The number of rotatable bonds is 4. The van der Waals surface area contributed by atoms with Crippen LogP contribution in [0.3, 0.4) is 0 Å². The molecule has 0 bridgehead atoms. The van der Waals surface area contributed by atoms with Crippen molar-refractivity contribution in [1.29, 1.82) is 0 Å². The van der Waals surface area contributed by atoms with Crippen LogP contribution in [0.15, 0.2) is 33.8 Å². The van der Waals surface area contributed by atoms with E-state index in [2.05, 4.69) is 5.32 Å². The summed E-state index contributed by atoms with van der Waals surface area (Å²) in [5.74, 6) is 0.584. The number of carbonyl (C=O) groups is 1.